The average molecular weight is 673 g/mol. The van der Waals surface area contributed by atoms with Crippen molar-refractivity contribution in [2.45, 2.75) is 38.3 Å². The van der Waals surface area contributed by atoms with Gasteiger partial charge in [0.15, 0.2) is 0 Å². The number of hydrogen-bond donors (Lipinski definition) is 3. The van der Waals surface area contributed by atoms with E-state index in [1.54, 1.807) is 4.90 Å². The third-order valence-electron chi connectivity index (χ3n) is 6.76. The minimum absolute atomic E-state index is 0.161. The number of aliphatic carboxylic acids is 1. The van der Waals surface area contributed by atoms with Gasteiger partial charge < -0.3 is 20.6 Å². The molecule has 0 amide bonds. The Morgan fingerprint density at radius 2 is 1.36 bits per heavy atom. The van der Waals surface area contributed by atoms with Gasteiger partial charge in [-0.1, -0.05) is 17.7 Å². The van der Waals surface area contributed by atoms with Gasteiger partial charge in [0, 0.05) is 42.6 Å². The van der Waals surface area contributed by atoms with Crippen molar-refractivity contribution < 1.29 is 49.4 Å². The van der Waals surface area contributed by atoms with E-state index < -0.39 is 35.6 Å². The van der Waals surface area contributed by atoms with Crippen LogP contribution in [0.15, 0.2) is 66.9 Å². The number of aromatic nitrogens is 3. The highest BCUT2D eigenvalue weighted by atomic mass is 19.4. The Labute approximate surface area is 261 Å². The number of fused-ring (bicyclic) bond motifs is 1. The number of pyridine rings is 1. The molecular formula is C30H25F9N6O2. The summed E-state index contributed by atoms with van der Waals surface area (Å²) in [6, 6.07) is 14.3. The highest BCUT2D eigenvalue weighted by Crippen LogP contribution is 2.37. The maximum Gasteiger partial charge on any atom is 0.490 e. The number of carboxylic acids is 1. The highest BCUT2D eigenvalue weighted by Gasteiger charge is 2.38. The lowest BCUT2D eigenvalue weighted by molar-refractivity contribution is -0.192. The molecule has 4 aromatic rings. The number of carbonyl (C=O) groups is 1. The molecule has 3 N–H and O–H groups in total. The van der Waals surface area contributed by atoms with Gasteiger partial charge in [0.2, 0.25) is 5.95 Å². The molecule has 0 spiro atoms. The quantitative estimate of drug-likeness (QED) is 0.184. The Morgan fingerprint density at radius 3 is 1.94 bits per heavy atom. The van der Waals surface area contributed by atoms with Crippen LogP contribution in [0, 0.1) is 6.92 Å². The van der Waals surface area contributed by atoms with Gasteiger partial charge >= 0.3 is 24.5 Å². The van der Waals surface area contributed by atoms with Crippen molar-refractivity contribution in [1.82, 2.24) is 15.0 Å². The molecule has 0 saturated heterocycles. The van der Waals surface area contributed by atoms with Crippen LogP contribution in [0.3, 0.4) is 0 Å². The molecule has 0 atom stereocenters. The second-order valence-corrected chi connectivity index (χ2v) is 10.2. The third kappa shape index (κ3) is 9.23. The Bertz CT molecular complexity index is 1690. The minimum Gasteiger partial charge on any atom is -0.475 e. The van der Waals surface area contributed by atoms with Crippen LogP contribution >= 0.6 is 0 Å². The summed E-state index contributed by atoms with van der Waals surface area (Å²) in [7, 11) is 0. The number of rotatable bonds is 5. The molecule has 47 heavy (non-hydrogen) atoms. The monoisotopic (exact) mass is 672 g/mol. The Morgan fingerprint density at radius 1 is 0.787 bits per heavy atom. The molecular weight excluding hydrogens is 647 g/mol. The number of alkyl halides is 9. The standard InChI is InChI=1S/C28H24F6N6.C2HF3O2/c1-17-4-8-20(9-5-17)37-26-38-23-13-16-40(25-22(28(32,33)34)3-2-14-35-25)15-12-21(23)24(39-26)36-19-10-6-18(7-11-19)27(29,30)31;3-2(4,5)1(6)7/h2-11,14H,12-13,15-16H2,1H3,(H2,36,37,38,39);(H,6,7). The zero-order chi connectivity index (χ0) is 34.6. The average Bonchev–Trinajstić information content (AvgIpc) is 3.20. The first-order valence-corrected chi connectivity index (χ1v) is 13.7. The number of nitrogens with one attached hydrogen (secondary N) is 2. The Hall–Kier alpha value is -5.09. The van der Waals surface area contributed by atoms with Crippen LogP contribution in [0.1, 0.15) is 27.9 Å². The predicted octanol–water partition coefficient (Wildman–Crippen LogP) is 7.94. The van der Waals surface area contributed by atoms with Crippen molar-refractivity contribution >= 4 is 34.9 Å². The van der Waals surface area contributed by atoms with Gasteiger partial charge in [0.25, 0.3) is 0 Å². The summed E-state index contributed by atoms with van der Waals surface area (Å²) in [5.41, 5.74) is 1.84. The molecule has 0 fully saturated rings. The van der Waals surface area contributed by atoms with Crippen molar-refractivity contribution in [3.63, 3.8) is 0 Å². The lowest BCUT2D eigenvalue weighted by Crippen LogP contribution is -2.29. The smallest absolute Gasteiger partial charge is 0.475 e. The molecule has 2 aromatic carbocycles. The first kappa shape index (κ1) is 34.8. The van der Waals surface area contributed by atoms with Gasteiger partial charge in [-0.25, -0.2) is 14.8 Å². The molecule has 1 aliphatic rings. The largest absolute Gasteiger partial charge is 0.490 e. The Balaban J connectivity index is 0.000000644. The second kappa shape index (κ2) is 13.7. The van der Waals surface area contributed by atoms with Gasteiger partial charge in [-0.15, -0.1) is 0 Å². The van der Waals surface area contributed by atoms with E-state index in [1.807, 2.05) is 31.2 Å². The number of carboxylic acid groups (broad SMARTS) is 1. The number of nitrogens with zero attached hydrogens (tertiary/aromatic N) is 4. The topological polar surface area (TPSA) is 103 Å². The summed E-state index contributed by atoms with van der Waals surface area (Å²) < 4.78 is 112. The number of halogens is 9. The molecule has 17 heteroatoms. The molecule has 3 heterocycles. The van der Waals surface area contributed by atoms with Gasteiger partial charge in [-0.2, -0.15) is 44.5 Å². The van der Waals surface area contributed by atoms with Crippen molar-refractivity contribution in [3.05, 3.63) is 94.8 Å². The summed E-state index contributed by atoms with van der Waals surface area (Å²) >= 11 is 0. The molecule has 0 saturated carbocycles. The zero-order valence-corrected chi connectivity index (χ0v) is 24.2. The van der Waals surface area contributed by atoms with E-state index >= 15 is 0 Å². The molecule has 0 unspecified atom stereocenters. The molecule has 8 nitrogen and oxygen atoms in total. The van der Waals surface area contributed by atoms with Gasteiger partial charge in [-0.05, 0) is 61.9 Å². The van der Waals surface area contributed by atoms with Crippen LogP contribution in [-0.2, 0) is 30.0 Å². The SMILES string of the molecule is Cc1ccc(Nc2nc3c(c(Nc4ccc(C(F)(F)F)cc4)n2)CCN(c2ncccc2C(F)(F)F)CC3)cc1.O=C(O)C(F)(F)F. The summed E-state index contributed by atoms with van der Waals surface area (Å²) in [6.45, 7) is 2.39. The van der Waals surface area contributed by atoms with Crippen LogP contribution in [0.5, 0.6) is 0 Å². The van der Waals surface area contributed by atoms with E-state index in [2.05, 4.69) is 25.6 Å². The first-order valence-electron chi connectivity index (χ1n) is 13.7. The molecule has 0 bridgehead atoms. The van der Waals surface area contributed by atoms with Crippen molar-refractivity contribution in [3.8, 4) is 0 Å². The van der Waals surface area contributed by atoms with Crippen LogP contribution in [0.25, 0.3) is 0 Å². The van der Waals surface area contributed by atoms with E-state index in [1.165, 1.54) is 24.4 Å². The van der Waals surface area contributed by atoms with Gasteiger partial charge in [-0.3, -0.25) is 0 Å². The van der Waals surface area contributed by atoms with Gasteiger partial charge in [0.1, 0.15) is 11.6 Å². The van der Waals surface area contributed by atoms with Crippen molar-refractivity contribution in [2.24, 2.45) is 0 Å². The summed E-state index contributed by atoms with van der Waals surface area (Å²) in [4.78, 5) is 23.7. The molecule has 250 valence electrons. The molecule has 0 radical (unpaired) electrons. The number of anilines is 5. The normalized spacial score (nSPS) is 13.5. The van der Waals surface area contributed by atoms with E-state index in [-0.39, 0.29) is 31.3 Å². The number of hydrogen-bond acceptors (Lipinski definition) is 7. The second-order valence-electron chi connectivity index (χ2n) is 10.2. The minimum atomic E-state index is -5.08. The Kier molecular flexibility index (Phi) is 10.2. The number of aryl methyl sites for hydroxylation is 1. The highest BCUT2D eigenvalue weighted by molar-refractivity contribution is 5.73. The number of benzene rings is 2. The van der Waals surface area contributed by atoms with Crippen LogP contribution in [0.4, 0.5) is 68.5 Å². The lowest BCUT2D eigenvalue weighted by Gasteiger charge is -2.24. The summed E-state index contributed by atoms with van der Waals surface area (Å²) in [6.07, 6.45) is -12.2. The lowest BCUT2D eigenvalue weighted by atomic mass is 10.1. The van der Waals surface area contributed by atoms with E-state index in [4.69, 9.17) is 9.90 Å². The molecule has 2 aromatic heterocycles. The van der Waals surface area contributed by atoms with Crippen LogP contribution in [-0.4, -0.2) is 45.3 Å². The molecule has 0 aliphatic carbocycles. The molecule has 5 rings (SSSR count). The van der Waals surface area contributed by atoms with Crippen molar-refractivity contribution in [1.29, 1.82) is 0 Å². The zero-order valence-electron chi connectivity index (χ0n) is 24.2. The van der Waals surface area contributed by atoms with Crippen LogP contribution in [0.2, 0.25) is 0 Å². The molecule has 1 aliphatic heterocycles. The predicted molar refractivity (Wildman–Crippen MR) is 154 cm³/mol. The first-order chi connectivity index (χ1) is 21.9. The van der Waals surface area contributed by atoms with Gasteiger partial charge in [0.05, 0.1) is 16.8 Å². The maximum atomic E-state index is 13.7. The van der Waals surface area contributed by atoms with E-state index in [0.29, 0.717) is 29.2 Å². The van der Waals surface area contributed by atoms with E-state index in [9.17, 15) is 39.5 Å². The fraction of sp³-hybridized carbons (Fsp3) is 0.267. The third-order valence-corrected chi connectivity index (χ3v) is 6.76. The van der Waals surface area contributed by atoms with Crippen molar-refractivity contribution in [2.75, 3.05) is 28.6 Å². The maximum absolute atomic E-state index is 13.7. The van der Waals surface area contributed by atoms with E-state index in [0.717, 1.165) is 29.4 Å². The van der Waals surface area contributed by atoms with Crippen LogP contribution < -0.4 is 15.5 Å². The fourth-order valence-electron chi connectivity index (χ4n) is 4.49. The fourth-order valence-corrected chi connectivity index (χ4v) is 4.49. The summed E-state index contributed by atoms with van der Waals surface area (Å²) in [5.74, 6) is -2.31. The summed E-state index contributed by atoms with van der Waals surface area (Å²) in [5, 5.41) is 13.4.